The van der Waals surface area contributed by atoms with Crippen LogP contribution in [-0.2, 0) is 17.8 Å². The molecule has 1 aromatic heterocycles. The summed E-state index contributed by atoms with van der Waals surface area (Å²) in [5, 5.41) is 3.44. The fraction of sp³-hybridized carbons (Fsp3) is 0.478. The molecule has 0 bridgehead atoms. The minimum absolute atomic E-state index is 0. The van der Waals surface area contributed by atoms with E-state index >= 15 is 0 Å². The molecule has 1 N–H and O–H groups in total. The van der Waals surface area contributed by atoms with Crippen molar-refractivity contribution in [2.45, 2.75) is 44.7 Å². The Bertz CT molecular complexity index is 781. The number of hydrogen-bond donors (Lipinski definition) is 1. The van der Waals surface area contributed by atoms with Crippen LogP contribution in [0.3, 0.4) is 0 Å². The van der Waals surface area contributed by atoms with Crippen molar-refractivity contribution in [3.63, 3.8) is 0 Å². The van der Waals surface area contributed by atoms with Crippen molar-refractivity contribution in [3.8, 4) is 11.5 Å². The van der Waals surface area contributed by atoms with Crippen molar-refractivity contribution in [1.29, 1.82) is 0 Å². The normalized spacial score (nSPS) is 16.1. The Morgan fingerprint density at radius 1 is 1.13 bits per heavy atom. The second kappa shape index (κ2) is 12.4. The van der Waals surface area contributed by atoms with Crippen LogP contribution in [0.4, 0.5) is 0 Å². The second-order valence-corrected chi connectivity index (χ2v) is 7.37. The summed E-state index contributed by atoms with van der Waals surface area (Å²) >= 11 is 0. The van der Waals surface area contributed by atoms with Crippen molar-refractivity contribution in [3.05, 3.63) is 53.9 Å². The maximum atomic E-state index is 13.2. The van der Waals surface area contributed by atoms with E-state index in [1.54, 1.807) is 20.4 Å². The number of hydrogen-bond acceptors (Lipinski definition) is 5. The molecular formula is C23H32ClN3O3. The first kappa shape index (κ1) is 24.0. The Balaban J connectivity index is 0.00000320. The van der Waals surface area contributed by atoms with Crippen molar-refractivity contribution in [1.82, 2.24) is 15.2 Å². The Labute approximate surface area is 185 Å². The molecule has 2 aromatic rings. The fourth-order valence-corrected chi connectivity index (χ4v) is 3.83. The van der Waals surface area contributed by atoms with Crippen molar-refractivity contribution >= 4 is 18.3 Å². The van der Waals surface area contributed by atoms with Crippen LogP contribution < -0.4 is 14.8 Å². The minimum atomic E-state index is 0. The van der Waals surface area contributed by atoms with E-state index < -0.39 is 0 Å². The molecule has 1 saturated heterocycles. The number of methoxy groups -OCH3 is 2. The summed E-state index contributed by atoms with van der Waals surface area (Å²) in [4.78, 5) is 19.7. The van der Waals surface area contributed by atoms with Crippen LogP contribution in [-0.4, -0.2) is 49.1 Å². The van der Waals surface area contributed by atoms with Crippen molar-refractivity contribution in [2.75, 3.05) is 27.3 Å². The highest BCUT2D eigenvalue weighted by molar-refractivity contribution is 5.85. The molecule has 0 spiro atoms. The number of pyridine rings is 1. The summed E-state index contributed by atoms with van der Waals surface area (Å²) in [6, 6.07) is 12.0. The van der Waals surface area contributed by atoms with E-state index in [2.05, 4.69) is 10.3 Å². The molecule has 0 radical (unpaired) electrons. The Kier molecular flexibility index (Phi) is 9.91. The first-order chi connectivity index (χ1) is 14.2. The van der Waals surface area contributed by atoms with E-state index in [0.29, 0.717) is 30.9 Å². The van der Waals surface area contributed by atoms with Gasteiger partial charge in [0.2, 0.25) is 5.91 Å². The number of aromatic nitrogens is 1. The number of ether oxygens (including phenoxy) is 2. The topological polar surface area (TPSA) is 63.7 Å². The lowest BCUT2D eigenvalue weighted by Crippen LogP contribution is -2.40. The highest BCUT2D eigenvalue weighted by atomic mass is 35.5. The molecule has 1 fully saturated rings. The second-order valence-electron chi connectivity index (χ2n) is 7.37. The zero-order chi connectivity index (χ0) is 20.5. The van der Waals surface area contributed by atoms with Crippen LogP contribution in [0, 0.1) is 0 Å². The van der Waals surface area contributed by atoms with Crippen LogP contribution in [0.1, 0.15) is 36.9 Å². The molecule has 0 aliphatic carbocycles. The van der Waals surface area contributed by atoms with Gasteiger partial charge < -0.3 is 19.7 Å². The number of amides is 1. The Hall–Kier alpha value is -2.31. The summed E-state index contributed by atoms with van der Waals surface area (Å²) in [6.45, 7) is 2.54. The molecule has 1 atom stereocenters. The van der Waals surface area contributed by atoms with E-state index in [1.807, 2.05) is 41.3 Å². The maximum absolute atomic E-state index is 13.2. The van der Waals surface area contributed by atoms with Gasteiger partial charge in [0.15, 0.2) is 11.5 Å². The van der Waals surface area contributed by atoms with Gasteiger partial charge in [-0.05, 0) is 68.6 Å². The van der Waals surface area contributed by atoms with E-state index in [0.717, 1.165) is 43.6 Å². The van der Waals surface area contributed by atoms with E-state index in [-0.39, 0.29) is 24.4 Å². The van der Waals surface area contributed by atoms with Crippen LogP contribution in [0.2, 0.25) is 0 Å². The molecule has 164 valence electrons. The average molecular weight is 434 g/mol. The molecular weight excluding hydrogens is 402 g/mol. The number of nitrogens with one attached hydrogen (secondary N) is 1. The number of carbonyl (C=O) groups is 1. The lowest BCUT2D eigenvalue weighted by atomic mass is 10.0. The lowest BCUT2D eigenvalue weighted by Gasteiger charge is -2.31. The van der Waals surface area contributed by atoms with Gasteiger partial charge >= 0.3 is 0 Å². The zero-order valence-electron chi connectivity index (χ0n) is 17.8. The molecule has 1 aliphatic heterocycles. The van der Waals surface area contributed by atoms with Gasteiger partial charge in [-0.2, -0.15) is 0 Å². The Morgan fingerprint density at radius 2 is 1.97 bits per heavy atom. The summed E-state index contributed by atoms with van der Waals surface area (Å²) < 4.78 is 10.7. The Morgan fingerprint density at radius 3 is 2.70 bits per heavy atom. The van der Waals surface area contributed by atoms with Crippen LogP contribution >= 0.6 is 12.4 Å². The summed E-state index contributed by atoms with van der Waals surface area (Å²) in [5.41, 5.74) is 2.00. The number of halogens is 1. The van der Waals surface area contributed by atoms with Gasteiger partial charge in [-0.1, -0.05) is 12.1 Å². The fourth-order valence-electron chi connectivity index (χ4n) is 3.83. The molecule has 1 amide bonds. The number of rotatable bonds is 8. The van der Waals surface area contributed by atoms with E-state index in [9.17, 15) is 4.79 Å². The molecule has 6 nitrogen and oxygen atoms in total. The maximum Gasteiger partial charge on any atom is 0.223 e. The average Bonchev–Trinajstić information content (AvgIpc) is 3.05. The van der Waals surface area contributed by atoms with Crippen LogP contribution in [0.15, 0.2) is 42.6 Å². The number of aryl methyl sites for hydroxylation is 1. The van der Waals surface area contributed by atoms with Crippen molar-refractivity contribution in [2.24, 2.45) is 0 Å². The summed E-state index contributed by atoms with van der Waals surface area (Å²) in [6.07, 6.45) is 6.02. The molecule has 2 heterocycles. The minimum Gasteiger partial charge on any atom is -0.493 e. The quantitative estimate of drug-likeness (QED) is 0.688. The number of benzene rings is 1. The third-order valence-corrected chi connectivity index (χ3v) is 5.44. The van der Waals surface area contributed by atoms with Gasteiger partial charge in [0.25, 0.3) is 0 Å². The van der Waals surface area contributed by atoms with Gasteiger partial charge in [0.1, 0.15) is 0 Å². The largest absolute Gasteiger partial charge is 0.493 e. The molecule has 0 saturated carbocycles. The third kappa shape index (κ3) is 6.61. The molecule has 1 aromatic carbocycles. The molecule has 1 unspecified atom stereocenters. The number of nitrogens with zero attached hydrogens (tertiary/aromatic N) is 2. The molecule has 3 rings (SSSR count). The lowest BCUT2D eigenvalue weighted by molar-refractivity contribution is -0.134. The number of carbonyl (C=O) groups excluding carboxylic acids is 1. The predicted octanol–water partition coefficient (Wildman–Crippen LogP) is 3.62. The summed E-state index contributed by atoms with van der Waals surface area (Å²) in [7, 11) is 3.25. The van der Waals surface area contributed by atoms with Gasteiger partial charge in [-0.25, -0.2) is 0 Å². The molecule has 1 aliphatic rings. The highest BCUT2D eigenvalue weighted by Gasteiger charge is 2.25. The smallest absolute Gasteiger partial charge is 0.223 e. The SMILES string of the molecule is COc1ccc(CCC(=O)N(Cc2ccccn2)C2CCCNCC2)cc1OC.Cl. The zero-order valence-corrected chi connectivity index (χ0v) is 18.6. The van der Waals surface area contributed by atoms with E-state index in [1.165, 1.54) is 0 Å². The summed E-state index contributed by atoms with van der Waals surface area (Å²) in [5.74, 6) is 1.57. The van der Waals surface area contributed by atoms with Gasteiger partial charge in [-0.15, -0.1) is 12.4 Å². The van der Waals surface area contributed by atoms with Gasteiger partial charge in [0, 0.05) is 18.7 Å². The standard InChI is InChI=1S/C23H31N3O3.ClH/c1-28-21-10-8-18(16-22(21)29-2)9-11-23(27)26(17-19-6-3-4-14-25-19)20-7-5-13-24-15-12-20;/h3-4,6,8,10,14,16,20,24H,5,7,9,11-13,15,17H2,1-2H3;1H. The van der Waals surface area contributed by atoms with Gasteiger partial charge in [-0.3, -0.25) is 9.78 Å². The van der Waals surface area contributed by atoms with Crippen LogP contribution in [0.25, 0.3) is 0 Å². The van der Waals surface area contributed by atoms with Crippen LogP contribution in [0.5, 0.6) is 11.5 Å². The first-order valence-electron chi connectivity index (χ1n) is 10.3. The van der Waals surface area contributed by atoms with E-state index in [4.69, 9.17) is 9.47 Å². The monoisotopic (exact) mass is 433 g/mol. The first-order valence-corrected chi connectivity index (χ1v) is 10.3. The molecule has 30 heavy (non-hydrogen) atoms. The molecule has 7 heteroatoms. The highest BCUT2D eigenvalue weighted by Crippen LogP contribution is 2.28. The third-order valence-electron chi connectivity index (χ3n) is 5.44. The van der Waals surface area contributed by atoms with Gasteiger partial charge in [0.05, 0.1) is 26.5 Å². The predicted molar refractivity (Wildman–Crippen MR) is 120 cm³/mol. The van der Waals surface area contributed by atoms with Crippen molar-refractivity contribution < 1.29 is 14.3 Å².